The molecule has 1 saturated carbocycles. The Hall–Kier alpha value is -5.87. The Kier molecular flexibility index (Phi) is 11.5. The van der Waals surface area contributed by atoms with Gasteiger partial charge in [-0.05, 0) is 109 Å². The highest BCUT2D eigenvalue weighted by Gasteiger charge is 2.72. The molecule has 3 fully saturated rings. The quantitative estimate of drug-likeness (QED) is 0.0576. The topological polar surface area (TPSA) is 154 Å². The number of fused-ring (bicyclic) bond motifs is 4. The maximum Gasteiger partial charge on any atom is 0.255 e. The predicted molar refractivity (Wildman–Crippen MR) is 236 cm³/mol. The Morgan fingerprint density at radius 1 is 0.905 bits per heavy atom. The number of nitrogens with zero attached hydrogens (tertiary/aromatic N) is 1. The van der Waals surface area contributed by atoms with Gasteiger partial charge in [-0.25, -0.2) is 4.39 Å². The van der Waals surface area contributed by atoms with Gasteiger partial charge in [-0.15, -0.1) is 0 Å². The van der Waals surface area contributed by atoms with Crippen LogP contribution in [0.15, 0.2) is 78.9 Å². The molecule has 0 radical (unpaired) electrons. The monoisotopic (exact) mass is 887 g/mol. The molecular weight excluding hydrogens is 844 g/mol. The second-order valence-corrected chi connectivity index (χ2v) is 18.0. The predicted octanol–water partition coefficient (Wildman–Crippen LogP) is 7.98. The van der Waals surface area contributed by atoms with Gasteiger partial charge in [0.25, 0.3) is 5.91 Å². The van der Waals surface area contributed by atoms with Crippen LogP contribution in [0.3, 0.4) is 0 Å². The molecule has 9 rings (SSSR count). The molecule has 4 aliphatic heterocycles. The molecule has 2 saturated heterocycles. The van der Waals surface area contributed by atoms with E-state index in [4.69, 9.17) is 23.2 Å². The molecule has 5 aliphatic rings. The summed E-state index contributed by atoms with van der Waals surface area (Å²) in [6, 6.07) is 20.2. The number of amides is 5. The Balaban J connectivity index is 0.845. The van der Waals surface area contributed by atoms with Gasteiger partial charge in [0.05, 0.1) is 11.1 Å². The Morgan fingerprint density at radius 2 is 1.70 bits per heavy atom. The van der Waals surface area contributed by atoms with Crippen LogP contribution in [0.25, 0.3) is 0 Å². The van der Waals surface area contributed by atoms with E-state index in [1.807, 2.05) is 12.1 Å². The van der Waals surface area contributed by atoms with E-state index in [9.17, 15) is 28.8 Å². The maximum atomic E-state index is 16.2. The van der Waals surface area contributed by atoms with Gasteiger partial charge in [0.15, 0.2) is 5.78 Å². The van der Waals surface area contributed by atoms with Crippen molar-refractivity contribution in [3.63, 3.8) is 0 Å². The number of rotatable bonds is 9. The molecule has 1 unspecified atom stereocenters. The zero-order valence-corrected chi connectivity index (χ0v) is 35.8. The lowest BCUT2D eigenvalue weighted by Gasteiger charge is -2.47. The minimum atomic E-state index is -1.35. The molecule has 4 heterocycles. The first-order valence-electron chi connectivity index (χ1n) is 21.4. The molecule has 322 valence electrons. The van der Waals surface area contributed by atoms with Crippen LogP contribution in [0, 0.1) is 17.7 Å². The molecule has 11 nitrogen and oxygen atoms in total. The molecule has 63 heavy (non-hydrogen) atoms. The average molecular weight is 889 g/mol. The number of hydrogen-bond donors (Lipinski definition) is 4. The molecule has 0 aromatic heterocycles. The fraction of sp³-hybridized carbons (Fsp3) is 0.347. The molecule has 4 aromatic carbocycles. The number of unbranched alkanes of at least 4 members (excludes halogenated alkanes) is 2. The van der Waals surface area contributed by atoms with E-state index >= 15 is 4.39 Å². The Morgan fingerprint density at radius 3 is 2.48 bits per heavy atom. The van der Waals surface area contributed by atoms with Crippen molar-refractivity contribution in [3.05, 3.63) is 128 Å². The summed E-state index contributed by atoms with van der Waals surface area (Å²) in [6.45, 7) is 0.280. The molecule has 1 aliphatic carbocycles. The lowest BCUT2D eigenvalue weighted by Crippen LogP contribution is -2.60. The van der Waals surface area contributed by atoms with E-state index in [1.165, 1.54) is 11.0 Å². The first kappa shape index (κ1) is 42.4. The molecule has 4 aromatic rings. The molecular formula is C49H44Cl2FN5O6. The SMILES string of the molecule is O=C1CCC(N2Cc3cc(C#CCCCCC(=O)c4ccc(NC(=O)[C@@H]5NC6(CCCCC6)[C@@]6(C(=O)Nc7cc(Cl)ccc76)[C@H]5c5cccc(Cl)c5F)cc4)ccc3C2=O)C(=O)N1. The number of anilines is 2. The van der Waals surface area contributed by atoms with Crippen LogP contribution in [0.4, 0.5) is 15.8 Å². The third-order valence-corrected chi connectivity index (χ3v) is 14.0. The number of benzene rings is 4. The first-order valence-corrected chi connectivity index (χ1v) is 22.2. The number of halogens is 3. The van der Waals surface area contributed by atoms with Crippen molar-refractivity contribution in [1.29, 1.82) is 0 Å². The smallest absolute Gasteiger partial charge is 0.255 e. The van der Waals surface area contributed by atoms with Crippen molar-refractivity contribution in [2.75, 3.05) is 10.6 Å². The zero-order chi connectivity index (χ0) is 44.0. The highest BCUT2D eigenvalue weighted by Crippen LogP contribution is 2.63. The number of nitrogens with one attached hydrogen (secondary N) is 4. The summed E-state index contributed by atoms with van der Waals surface area (Å²) in [7, 11) is 0. The number of carbonyl (C=O) groups excluding carboxylic acids is 6. The van der Waals surface area contributed by atoms with Gasteiger partial charge in [-0.1, -0.05) is 72.5 Å². The van der Waals surface area contributed by atoms with Crippen molar-refractivity contribution in [3.8, 4) is 11.8 Å². The Bertz CT molecular complexity index is 2650. The fourth-order valence-electron chi connectivity index (χ4n) is 10.6. The van der Waals surface area contributed by atoms with E-state index in [0.29, 0.717) is 78.0 Å². The van der Waals surface area contributed by atoms with E-state index in [1.54, 1.807) is 60.7 Å². The molecule has 4 N–H and O–H groups in total. The third kappa shape index (κ3) is 7.50. The lowest BCUT2D eigenvalue weighted by atomic mass is 9.55. The van der Waals surface area contributed by atoms with Gasteiger partial charge < -0.3 is 15.5 Å². The Labute approximate surface area is 373 Å². The summed E-state index contributed by atoms with van der Waals surface area (Å²) in [5, 5.41) is 12.3. The average Bonchev–Trinajstić information content (AvgIpc) is 3.86. The number of ketones is 1. The second kappa shape index (κ2) is 17.0. The largest absolute Gasteiger partial charge is 0.325 e. The van der Waals surface area contributed by atoms with Gasteiger partial charge in [-0.2, -0.15) is 0 Å². The first-order chi connectivity index (χ1) is 30.4. The van der Waals surface area contributed by atoms with Crippen molar-refractivity contribution < 1.29 is 33.2 Å². The maximum absolute atomic E-state index is 16.2. The van der Waals surface area contributed by atoms with Crippen LogP contribution in [0.1, 0.15) is 120 Å². The summed E-state index contributed by atoms with van der Waals surface area (Å²) in [4.78, 5) is 80.7. The molecule has 5 amide bonds. The third-order valence-electron chi connectivity index (χ3n) is 13.5. The fourth-order valence-corrected chi connectivity index (χ4v) is 11.0. The van der Waals surface area contributed by atoms with Gasteiger partial charge in [-0.3, -0.25) is 39.4 Å². The summed E-state index contributed by atoms with van der Waals surface area (Å²) in [5.74, 6) is 2.82. The number of hydrogen-bond acceptors (Lipinski definition) is 7. The van der Waals surface area contributed by atoms with Crippen molar-refractivity contribution in [1.82, 2.24) is 15.5 Å². The van der Waals surface area contributed by atoms with Crippen LogP contribution >= 0.6 is 23.2 Å². The van der Waals surface area contributed by atoms with Crippen LogP contribution in [-0.2, 0) is 31.1 Å². The highest BCUT2D eigenvalue weighted by atomic mass is 35.5. The molecule has 2 spiro atoms. The lowest BCUT2D eigenvalue weighted by molar-refractivity contribution is -0.137. The summed E-state index contributed by atoms with van der Waals surface area (Å²) in [5.41, 5.74) is 2.16. The summed E-state index contributed by atoms with van der Waals surface area (Å²) >= 11 is 12.8. The number of imide groups is 1. The van der Waals surface area contributed by atoms with Crippen LogP contribution in [-0.4, -0.2) is 57.8 Å². The van der Waals surface area contributed by atoms with Crippen molar-refractivity contribution in [2.24, 2.45) is 0 Å². The van der Waals surface area contributed by atoms with E-state index < -0.39 is 46.6 Å². The number of carbonyl (C=O) groups is 6. The number of piperidine rings is 1. The summed E-state index contributed by atoms with van der Waals surface area (Å²) < 4.78 is 16.2. The highest BCUT2D eigenvalue weighted by molar-refractivity contribution is 6.31. The van der Waals surface area contributed by atoms with E-state index in [0.717, 1.165) is 30.4 Å². The summed E-state index contributed by atoms with van der Waals surface area (Å²) in [6.07, 6.45) is 6.49. The standard InChI is InChI=1S/C49H44Cl2FN5O6/c50-31-16-20-35-37(26-31)54-47(63)49(35)41(34-10-8-11-36(51)42(34)52)43(56-48(49)23-6-3-7-24-48)45(61)53-32-17-14-29(15-18-32)39(58)12-5-2-1-4-9-28-13-19-33-30(25-28)27-57(46(33)62)38-21-22-40(59)55-44(38)60/h8,10-11,13-20,25-26,38,41,43,56H,1-3,5-7,12,21-24,27H2,(H,53,61)(H,54,63)(H,55,59,60)/t38?,41-,43+,49+/m0/s1. The van der Waals surface area contributed by atoms with Crippen LogP contribution in [0.5, 0.6) is 0 Å². The van der Waals surface area contributed by atoms with Crippen molar-refractivity contribution >= 4 is 69.9 Å². The van der Waals surface area contributed by atoms with Gasteiger partial charge in [0.2, 0.25) is 23.6 Å². The normalized spacial score (nSPS) is 23.2. The van der Waals surface area contributed by atoms with Gasteiger partial charge in [0.1, 0.15) is 17.3 Å². The number of Topliss-reactive ketones (excluding diaryl/α,β-unsaturated/α-hetero) is 1. The van der Waals surface area contributed by atoms with Crippen molar-refractivity contribution in [2.45, 2.75) is 106 Å². The van der Waals surface area contributed by atoms with Gasteiger partial charge in [0, 0.05) is 70.4 Å². The minimum absolute atomic E-state index is 0.0501. The zero-order valence-electron chi connectivity index (χ0n) is 34.3. The minimum Gasteiger partial charge on any atom is -0.325 e. The molecule has 14 heteroatoms. The molecule has 0 bridgehead atoms. The van der Waals surface area contributed by atoms with E-state index in [-0.39, 0.29) is 47.1 Å². The second-order valence-electron chi connectivity index (χ2n) is 17.1. The molecule has 4 atom stereocenters. The van der Waals surface area contributed by atoms with Crippen LogP contribution < -0.4 is 21.3 Å². The van der Waals surface area contributed by atoms with E-state index in [2.05, 4.69) is 33.1 Å². The van der Waals surface area contributed by atoms with Crippen LogP contribution in [0.2, 0.25) is 10.0 Å². The van der Waals surface area contributed by atoms with Gasteiger partial charge >= 0.3 is 0 Å².